The van der Waals surface area contributed by atoms with Crippen molar-refractivity contribution in [3.8, 4) is 0 Å². The Kier molecular flexibility index (Phi) is 6.65. The van der Waals surface area contributed by atoms with Crippen molar-refractivity contribution in [1.82, 2.24) is 9.80 Å². The number of rotatable bonds is 6. The van der Waals surface area contributed by atoms with E-state index in [1.165, 1.54) is 6.42 Å². The summed E-state index contributed by atoms with van der Waals surface area (Å²) >= 11 is 0. The zero-order chi connectivity index (χ0) is 13.5. The summed E-state index contributed by atoms with van der Waals surface area (Å²) in [6, 6.07) is 0.532. The largest absolute Gasteiger partial charge is 0.341 e. The monoisotopic (exact) mass is 255 g/mol. The number of likely N-dealkylation sites (N-methyl/N-ethyl adjacent to an activating group) is 1. The summed E-state index contributed by atoms with van der Waals surface area (Å²) in [4.78, 5) is 16.4. The molecule has 0 radical (unpaired) electrons. The molecule has 106 valence electrons. The van der Waals surface area contributed by atoms with Gasteiger partial charge in [0, 0.05) is 25.6 Å². The molecule has 0 bridgehead atoms. The summed E-state index contributed by atoms with van der Waals surface area (Å²) in [6.07, 6.45) is 5.02. The van der Waals surface area contributed by atoms with Gasteiger partial charge in [0.15, 0.2) is 0 Å². The maximum Gasteiger partial charge on any atom is 0.222 e. The van der Waals surface area contributed by atoms with Crippen molar-refractivity contribution in [2.45, 2.75) is 45.1 Å². The van der Waals surface area contributed by atoms with Crippen molar-refractivity contribution in [3.05, 3.63) is 0 Å². The number of carbonyl (C=O) groups is 1. The number of piperidine rings is 1. The van der Waals surface area contributed by atoms with Crippen LogP contribution in [0.3, 0.4) is 0 Å². The van der Waals surface area contributed by atoms with Crippen molar-refractivity contribution in [2.24, 2.45) is 11.7 Å². The number of amides is 1. The SMILES string of the molecule is CC(CCN)CCC(=O)N1CCCC(N(C)C)C1. The van der Waals surface area contributed by atoms with Gasteiger partial charge in [0.1, 0.15) is 0 Å². The molecule has 1 aliphatic rings. The fraction of sp³-hybridized carbons (Fsp3) is 0.929. The molecule has 0 aromatic rings. The number of nitrogens with two attached hydrogens (primary N) is 1. The van der Waals surface area contributed by atoms with Crippen LogP contribution in [0.25, 0.3) is 0 Å². The Labute approximate surface area is 111 Å². The average molecular weight is 255 g/mol. The average Bonchev–Trinajstić information content (AvgIpc) is 2.36. The standard InChI is InChI=1S/C14H29N3O/c1-12(8-9-15)6-7-14(18)17-10-4-5-13(11-17)16(2)3/h12-13H,4-11,15H2,1-3H3. The van der Waals surface area contributed by atoms with Crippen LogP contribution in [-0.2, 0) is 4.79 Å². The smallest absolute Gasteiger partial charge is 0.222 e. The molecular weight excluding hydrogens is 226 g/mol. The lowest BCUT2D eigenvalue weighted by Crippen LogP contribution is -2.47. The Bertz CT molecular complexity index is 255. The molecule has 0 aliphatic carbocycles. The topological polar surface area (TPSA) is 49.6 Å². The Morgan fingerprint density at radius 1 is 1.44 bits per heavy atom. The first-order valence-corrected chi connectivity index (χ1v) is 7.18. The molecule has 0 saturated carbocycles. The molecule has 18 heavy (non-hydrogen) atoms. The Morgan fingerprint density at radius 3 is 2.78 bits per heavy atom. The highest BCUT2D eigenvalue weighted by atomic mass is 16.2. The summed E-state index contributed by atoms with van der Waals surface area (Å²) in [7, 11) is 4.20. The van der Waals surface area contributed by atoms with Gasteiger partial charge < -0.3 is 15.5 Å². The van der Waals surface area contributed by atoms with Crippen molar-refractivity contribution in [2.75, 3.05) is 33.7 Å². The minimum Gasteiger partial charge on any atom is -0.341 e. The molecule has 0 aromatic carbocycles. The Morgan fingerprint density at radius 2 is 2.17 bits per heavy atom. The highest BCUT2D eigenvalue weighted by molar-refractivity contribution is 5.76. The lowest BCUT2D eigenvalue weighted by atomic mass is 10.00. The van der Waals surface area contributed by atoms with E-state index in [0.717, 1.165) is 38.9 Å². The second-order valence-corrected chi connectivity index (χ2v) is 5.82. The molecule has 1 heterocycles. The van der Waals surface area contributed by atoms with Crippen LogP contribution in [0.1, 0.15) is 39.0 Å². The summed E-state index contributed by atoms with van der Waals surface area (Å²) in [5, 5.41) is 0. The van der Waals surface area contributed by atoms with E-state index in [2.05, 4.69) is 25.9 Å². The van der Waals surface area contributed by atoms with Gasteiger partial charge >= 0.3 is 0 Å². The number of hydrogen-bond acceptors (Lipinski definition) is 3. The Hall–Kier alpha value is -0.610. The maximum atomic E-state index is 12.2. The van der Waals surface area contributed by atoms with Crippen LogP contribution in [0, 0.1) is 5.92 Å². The molecule has 0 aromatic heterocycles. The van der Waals surface area contributed by atoms with E-state index >= 15 is 0 Å². The predicted molar refractivity (Wildman–Crippen MR) is 75.4 cm³/mol. The highest BCUT2D eigenvalue weighted by Crippen LogP contribution is 2.16. The molecule has 1 fully saturated rings. The molecule has 4 nitrogen and oxygen atoms in total. The first-order chi connectivity index (χ1) is 8.54. The number of likely N-dealkylation sites (tertiary alicyclic amines) is 1. The van der Waals surface area contributed by atoms with E-state index in [0.29, 0.717) is 24.3 Å². The van der Waals surface area contributed by atoms with Gasteiger partial charge in [-0.3, -0.25) is 4.79 Å². The van der Waals surface area contributed by atoms with Gasteiger partial charge in [-0.25, -0.2) is 0 Å². The maximum absolute atomic E-state index is 12.2. The van der Waals surface area contributed by atoms with Gasteiger partial charge in [-0.2, -0.15) is 0 Å². The van der Waals surface area contributed by atoms with Crippen LogP contribution in [0.15, 0.2) is 0 Å². The molecular formula is C14H29N3O. The second kappa shape index (κ2) is 7.74. The summed E-state index contributed by atoms with van der Waals surface area (Å²) < 4.78 is 0. The third-order valence-corrected chi connectivity index (χ3v) is 3.99. The normalized spacial score (nSPS) is 22.3. The number of nitrogens with zero attached hydrogens (tertiary/aromatic N) is 2. The predicted octanol–water partition coefficient (Wildman–Crippen LogP) is 1.30. The molecule has 2 N–H and O–H groups in total. The zero-order valence-corrected chi connectivity index (χ0v) is 12.2. The highest BCUT2D eigenvalue weighted by Gasteiger charge is 2.24. The Balaban J connectivity index is 2.32. The fourth-order valence-electron chi connectivity index (χ4n) is 2.56. The van der Waals surface area contributed by atoms with Crippen LogP contribution in [0.2, 0.25) is 0 Å². The molecule has 1 rings (SSSR count). The minimum atomic E-state index is 0.324. The van der Waals surface area contributed by atoms with E-state index in [9.17, 15) is 4.79 Å². The van der Waals surface area contributed by atoms with Gasteiger partial charge in [-0.15, -0.1) is 0 Å². The van der Waals surface area contributed by atoms with Crippen LogP contribution >= 0.6 is 0 Å². The second-order valence-electron chi connectivity index (χ2n) is 5.82. The van der Waals surface area contributed by atoms with Crippen LogP contribution < -0.4 is 5.73 Å². The summed E-state index contributed by atoms with van der Waals surface area (Å²) in [5.74, 6) is 0.888. The van der Waals surface area contributed by atoms with E-state index < -0.39 is 0 Å². The summed E-state index contributed by atoms with van der Waals surface area (Å²) in [5.41, 5.74) is 5.53. The third kappa shape index (κ3) is 4.94. The molecule has 1 saturated heterocycles. The van der Waals surface area contributed by atoms with Crippen LogP contribution in [0.5, 0.6) is 0 Å². The molecule has 1 aliphatic heterocycles. The molecule has 0 spiro atoms. The zero-order valence-electron chi connectivity index (χ0n) is 12.2. The van der Waals surface area contributed by atoms with Crippen molar-refractivity contribution < 1.29 is 4.79 Å². The van der Waals surface area contributed by atoms with Crippen molar-refractivity contribution in [3.63, 3.8) is 0 Å². The quantitative estimate of drug-likeness (QED) is 0.778. The lowest BCUT2D eigenvalue weighted by molar-refractivity contribution is -0.133. The van der Waals surface area contributed by atoms with Crippen LogP contribution in [-0.4, -0.2) is 55.5 Å². The first-order valence-electron chi connectivity index (χ1n) is 7.18. The van der Waals surface area contributed by atoms with Crippen molar-refractivity contribution >= 4 is 5.91 Å². The van der Waals surface area contributed by atoms with E-state index in [-0.39, 0.29) is 0 Å². The van der Waals surface area contributed by atoms with Gasteiger partial charge in [0.25, 0.3) is 0 Å². The number of hydrogen-bond donors (Lipinski definition) is 1. The molecule has 1 amide bonds. The van der Waals surface area contributed by atoms with Gasteiger partial charge in [-0.1, -0.05) is 6.92 Å². The first kappa shape index (κ1) is 15.4. The van der Waals surface area contributed by atoms with E-state index in [1.807, 2.05) is 4.90 Å². The third-order valence-electron chi connectivity index (χ3n) is 3.99. The minimum absolute atomic E-state index is 0.324. The molecule has 2 atom stereocenters. The van der Waals surface area contributed by atoms with Gasteiger partial charge in [0.05, 0.1) is 0 Å². The van der Waals surface area contributed by atoms with Gasteiger partial charge in [0.2, 0.25) is 5.91 Å². The van der Waals surface area contributed by atoms with Gasteiger partial charge in [-0.05, 0) is 52.2 Å². The van der Waals surface area contributed by atoms with E-state index in [1.54, 1.807) is 0 Å². The summed E-state index contributed by atoms with van der Waals surface area (Å²) in [6.45, 7) is 4.74. The fourth-order valence-corrected chi connectivity index (χ4v) is 2.56. The molecule has 2 unspecified atom stereocenters. The molecule has 4 heteroatoms. The van der Waals surface area contributed by atoms with Crippen LogP contribution in [0.4, 0.5) is 0 Å². The number of carbonyl (C=O) groups excluding carboxylic acids is 1. The lowest BCUT2D eigenvalue weighted by Gasteiger charge is -2.36. The van der Waals surface area contributed by atoms with Crippen molar-refractivity contribution in [1.29, 1.82) is 0 Å². The van der Waals surface area contributed by atoms with E-state index in [4.69, 9.17) is 5.73 Å².